The van der Waals surface area contributed by atoms with Crippen LogP contribution in [0.4, 0.5) is 0 Å². The topological polar surface area (TPSA) is 38.9 Å². The van der Waals surface area contributed by atoms with E-state index < -0.39 is 0 Å². The molecule has 0 radical (unpaired) electrons. The second-order valence-corrected chi connectivity index (χ2v) is 12.2. The van der Waals surface area contributed by atoms with Crippen LogP contribution in [0.3, 0.4) is 0 Å². The predicted octanol–water partition coefficient (Wildman–Crippen LogP) is 12.4. The third kappa shape index (κ3) is 5.58. The van der Waals surface area contributed by atoms with E-state index in [4.69, 9.17) is 14.4 Å². The lowest BCUT2D eigenvalue weighted by molar-refractivity contribution is 0.669. The van der Waals surface area contributed by atoms with Crippen LogP contribution in [0.15, 0.2) is 186 Å². The summed E-state index contributed by atoms with van der Waals surface area (Å²) in [7, 11) is 0. The Morgan fingerprint density at radius 3 is 1.45 bits per heavy atom. The zero-order chi connectivity index (χ0) is 32.6. The van der Waals surface area contributed by atoms with E-state index in [9.17, 15) is 0 Å². The normalized spacial score (nSPS) is 11.3. The van der Waals surface area contributed by atoms with Crippen LogP contribution in [0, 0.1) is 0 Å². The van der Waals surface area contributed by atoms with Gasteiger partial charge in [-0.15, -0.1) is 0 Å². The quantitative estimate of drug-likeness (QED) is 0.184. The minimum Gasteiger partial charge on any atom is -0.456 e. The van der Waals surface area contributed by atoms with Gasteiger partial charge in [-0.25, -0.2) is 9.97 Å². The van der Waals surface area contributed by atoms with Crippen LogP contribution in [0.2, 0.25) is 0 Å². The summed E-state index contributed by atoms with van der Waals surface area (Å²) >= 11 is 0. The van der Waals surface area contributed by atoms with Crippen molar-refractivity contribution < 1.29 is 4.42 Å². The van der Waals surface area contributed by atoms with Crippen LogP contribution < -0.4 is 0 Å². The number of rotatable bonds is 6. The minimum atomic E-state index is 0.677. The number of aromatic nitrogens is 2. The Kier molecular flexibility index (Phi) is 7.14. The van der Waals surface area contributed by atoms with Crippen LogP contribution in [0.5, 0.6) is 0 Å². The number of hydrogen-bond donors (Lipinski definition) is 0. The van der Waals surface area contributed by atoms with Crippen molar-refractivity contribution >= 4 is 21.9 Å². The smallest absolute Gasteiger partial charge is 0.160 e. The number of fused-ring (bicyclic) bond motifs is 3. The molecule has 0 spiro atoms. The molecule has 0 saturated carbocycles. The predicted molar refractivity (Wildman–Crippen MR) is 202 cm³/mol. The minimum absolute atomic E-state index is 0.677. The Labute approximate surface area is 284 Å². The molecule has 0 saturated heterocycles. The number of furan rings is 1. The average molecular weight is 627 g/mol. The van der Waals surface area contributed by atoms with Gasteiger partial charge in [0.1, 0.15) is 11.2 Å². The fourth-order valence-electron chi connectivity index (χ4n) is 6.54. The number of para-hydroxylation sites is 1. The average Bonchev–Trinajstić information content (AvgIpc) is 3.57. The summed E-state index contributed by atoms with van der Waals surface area (Å²) in [5.41, 5.74) is 13.5. The van der Waals surface area contributed by atoms with Gasteiger partial charge in [0, 0.05) is 27.5 Å². The molecule has 0 atom stereocenters. The fourth-order valence-corrected chi connectivity index (χ4v) is 6.54. The Morgan fingerprint density at radius 1 is 0.286 bits per heavy atom. The monoisotopic (exact) mass is 626 g/mol. The molecule has 9 aromatic rings. The molecule has 0 aliphatic carbocycles. The van der Waals surface area contributed by atoms with Crippen molar-refractivity contribution in [3.05, 3.63) is 182 Å². The number of nitrogens with zero attached hydrogens (tertiary/aromatic N) is 2. The van der Waals surface area contributed by atoms with E-state index >= 15 is 0 Å². The molecule has 3 nitrogen and oxygen atoms in total. The molecule has 0 aliphatic heterocycles. The van der Waals surface area contributed by atoms with Crippen molar-refractivity contribution in [1.29, 1.82) is 0 Å². The molecule has 9 rings (SSSR count). The summed E-state index contributed by atoms with van der Waals surface area (Å²) in [6, 6.07) is 63.3. The largest absolute Gasteiger partial charge is 0.456 e. The van der Waals surface area contributed by atoms with Crippen molar-refractivity contribution in [2.45, 2.75) is 0 Å². The van der Waals surface area contributed by atoms with Gasteiger partial charge >= 0.3 is 0 Å². The fraction of sp³-hybridized carbons (Fsp3) is 0. The maximum Gasteiger partial charge on any atom is 0.160 e. The van der Waals surface area contributed by atoms with E-state index in [1.807, 2.05) is 30.3 Å². The third-order valence-electron chi connectivity index (χ3n) is 9.13. The molecule has 49 heavy (non-hydrogen) atoms. The molecule has 0 aliphatic rings. The summed E-state index contributed by atoms with van der Waals surface area (Å²) in [4.78, 5) is 10.2. The molecule has 230 valence electrons. The third-order valence-corrected chi connectivity index (χ3v) is 9.13. The highest BCUT2D eigenvalue weighted by molar-refractivity contribution is 6.05. The van der Waals surface area contributed by atoms with Crippen LogP contribution in [-0.4, -0.2) is 9.97 Å². The molecule has 2 aromatic heterocycles. The van der Waals surface area contributed by atoms with Gasteiger partial charge < -0.3 is 4.42 Å². The van der Waals surface area contributed by atoms with Crippen molar-refractivity contribution in [3.8, 4) is 67.3 Å². The van der Waals surface area contributed by atoms with Gasteiger partial charge in [-0.2, -0.15) is 0 Å². The Hall–Kier alpha value is -6.58. The van der Waals surface area contributed by atoms with Crippen LogP contribution in [0.25, 0.3) is 89.2 Å². The molecule has 2 heterocycles. The first-order valence-electron chi connectivity index (χ1n) is 16.5. The zero-order valence-electron chi connectivity index (χ0n) is 26.6. The molecule has 0 amide bonds. The standard InChI is InChI=1S/C46H30N2O/c1-3-10-31(11-4-1)33-20-24-36(25-21-33)46-47-42(30-43(48-46)39-26-27-41-40-16-7-8-17-44(40)49-45(41)29-39)35-22-18-34(19-23-35)38-15-9-14-37(28-38)32-12-5-2-6-13-32/h1-30H. The van der Waals surface area contributed by atoms with E-state index in [-0.39, 0.29) is 0 Å². The first-order chi connectivity index (χ1) is 24.2. The lowest BCUT2D eigenvalue weighted by atomic mass is 9.98. The molecule has 0 fully saturated rings. The van der Waals surface area contributed by atoms with Crippen molar-refractivity contribution in [2.75, 3.05) is 0 Å². The SMILES string of the molecule is c1ccc(-c2ccc(-c3nc(-c4ccc(-c5cccc(-c6ccccc6)c5)cc4)cc(-c4ccc5c(c4)oc4ccccc45)n3)cc2)cc1. The van der Waals surface area contributed by atoms with Gasteiger partial charge in [-0.3, -0.25) is 0 Å². The summed E-state index contributed by atoms with van der Waals surface area (Å²) in [5.74, 6) is 0.677. The highest BCUT2D eigenvalue weighted by atomic mass is 16.3. The Balaban J connectivity index is 1.12. The summed E-state index contributed by atoms with van der Waals surface area (Å²) < 4.78 is 6.25. The van der Waals surface area contributed by atoms with E-state index in [2.05, 4.69) is 152 Å². The zero-order valence-corrected chi connectivity index (χ0v) is 26.6. The number of hydrogen-bond acceptors (Lipinski definition) is 3. The first-order valence-corrected chi connectivity index (χ1v) is 16.5. The molecular weight excluding hydrogens is 597 g/mol. The lowest BCUT2D eigenvalue weighted by Crippen LogP contribution is -1.96. The van der Waals surface area contributed by atoms with E-state index in [1.165, 1.54) is 22.3 Å². The van der Waals surface area contributed by atoms with Gasteiger partial charge in [-0.1, -0.05) is 152 Å². The van der Waals surface area contributed by atoms with E-state index in [1.54, 1.807) is 0 Å². The maximum atomic E-state index is 6.25. The number of benzene rings is 7. The van der Waals surface area contributed by atoms with Gasteiger partial charge in [0.2, 0.25) is 0 Å². The molecule has 3 heteroatoms. The molecular formula is C46H30N2O. The summed E-state index contributed by atoms with van der Waals surface area (Å²) in [6.45, 7) is 0. The first kappa shape index (κ1) is 28.6. The highest BCUT2D eigenvalue weighted by Gasteiger charge is 2.14. The van der Waals surface area contributed by atoms with Gasteiger partial charge in [0.15, 0.2) is 5.82 Å². The van der Waals surface area contributed by atoms with Gasteiger partial charge in [0.05, 0.1) is 11.4 Å². The second-order valence-electron chi connectivity index (χ2n) is 12.2. The lowest BCUT2D eigenvalue weighted by Gasteiger charge is -2.11. The van der Waals surface area contributed by atoms with Crippen LogP contribution in [0.1, 0.15) is 0 Å². The van der Waals surface area contributed by atoms with Crippen molar-refractivity contribution in [3.63, 3.8) is 0 Å². The van der Waals surface area contributed by atoms with Crippen molar-refractivity contribution in [2.24, 2.45) is 0 Å². The van der Waals surface area contributed by atoms with Crippen LogP contribution in [-0.2, 0) is 0 Å². The molecule has 0 bridgehead atoms. The Bertz CT molecular complexity index is 2570. The second kappa shape index (κ2) is 12.2. The molecule has 0 unspecified atom stereocenters. The summed E-state index contributed by atoms with van der Waals surface area (Å²) in [5, 5.41) is 2.21. The highest BCUT2D eigenvalue weighted by Crippen LogP contribution is 2.35. The maximum absolute atomic E-state index is 6.25. The van der Waals surface area contributed by atoms with Crippen LogP contribution >= 0.6 is 0 Å². The van der Waals surface area contributed by atoms with E-state index in [0.717, 1.165) is 61.1 Å². The molecule has 0 N–H and O–H groups in total. The summed E-state index contributed by atoms with van der Waals surface area (Å²) in [6.07, 6.45) is 0. The van der Waals surface area contributed by atoms with Gasteiger partial charge in [0.25, 0.3) is 0 Å². The Morgan fingerprint density at radius 2 is 0.755 bits per heavy atom. The van der Waals surface area contributed by atoms with Crippen molar-refractivity contribution in [1.82, 2.24) is 9.97 Å². The van der Waals surface area contributed by atoms with Gasteiger partial charge in [-0.05, 0) is 63.7 Å². The molecule has 7 aromatic carbocycles. The van der Waals surface area contributed by atoms with E-state index in [0.29, 0.717) is 5.82 Å².